The van der Waals surface area contributed by atoms with Gasteiger partial charge in [0.25, 0.3) is 0 Å². The van der Waals surface area contributed by atoms with E-state index in [-0.39, 0.29) is 5.41 Å². The second kappa shape index (κ2) is 7.14. The highest BCUT2D eigenvalue weighted by atomic mass is 16.5. The fourth-order valence-electron chi connectivity index (χ4n) is 2.27. The number of hydrogen-bond donors (Lipinski definition) is 3. The van der Waals surface area contributed by atoms with Gasteiger partial charge in [-0.05, 0) is 43.4 Å². The van der Waals surface area contributed by atoms with Crippen molar-refractivity contribution >= 4 is 5.84 Å². The Morgan fingerprint density at radius 1 is 1.35 bits per heavy atom. The van der Waals surface area contributed by atoms with Gasteiger partial charge in [0, 0.05) is 13.0 Å². The summed E-state index contributed by atoms with van der Waals surface area (Å²) in [5, 5.41) is 15.1. The van der Waals surface area contributed by atoms with Crippen LogP contribution in [0.25, 0.3) is 0 Å². The molecule has 1 saturated carbocycles. The van der Waals surface area contributed by atoms with Gasteiger partial charge >= 0.3 is 0 Å². The first-order valence-corrected chi connectivity index (χ1v) is 7.09. The Bertz CT molecular complexity index is 430. The van der Waals surface area contributed by atoms with E-state index in [1.165, 1.54) is 0 Å². The highest BCUT2D eigenvalue weighted by molar-refractivity contribution is 5.80. The molecule has 0 bridgehead atoms. The van der Waals surface area contributed by atoms with Gasteiger partial charge < -0.3 is 21.0 Å². The second-order valence-electron chi connectivity index (χ2n) is 5.46. The normalized spacial score (nSPS) is 16.9. The predicted molar refractivity (Wildman–Crippen MR) is 79.1 cm³/mol. The molecule has 0 aliphatic heterocycles. The Morgan fingerprint density at radius 3 is 2.75 bits per heavy atom. The lowest BCUT2D eigenvalue weighted by Gasteiger charge is -2.15. The van der Waals surface area contributed by atoms with Crippen LogP contribution in [-0.4, -0.2) is 30.7 Å². The van der Waals surface area contributed by atoms with Crippen molar-refractivity contribution in [1.29, 1.82) is 0 Å². The molecule has 0 unspecified atom stereocenters. The summed E-state index contributed by atoms with van der Waals surface area (Å²) < 4.78 is 5.62. The zero-order valence-corrected chi connectivity index (χ0v) is 11.7. The first-order chi connectivity index (χ1) is 9.74. The minimum absolute atomic E-state index is 0.219. The molecule has 2 rings (SSSR count). The van der Waals surface area contributed by atoms with Crippen LogP contribution in [-0.2, 0) is 0 Å². The highest BCUT2D eigenvalue weighted by Crippen LogP contribution is 2.48. The third-order valence-corrected chi connectivity index (χ3v) is 3.65. The summed E-state index contributed by atoms with van der Waals surface area (Å²) in [5.41, 5.74) is 5.79. The average molecular weight is 277 g/mol. The average Bonchev–Trinajstić information content (AvgIpc) is 3.23. The number of benzene rings is 1. The van der Waals surface area contributed by atoms with Crippen molar-refractivity contribution in [2.24, 2.45) is 16.3 Å². The maximum absolute atomic E-state index is 8.60. The van der Waals surface area contributed by atoms with E-state index in [4.69, 9.17) is 15.7 Å². The molecule has 1 aromatic carbocycles. The smallest absolute Gasteiger partial charge is 0.139 e. The quantitative estimate of drug-likeness (QED) is 0.212. The van der Waals surface area contributed by atoms with Crippen LogP contribution in [0.1, 0.15) is 25.7 Å². The van der Waals surface area contributed by atoms with Crippen molar-refractivity contribution in [3.05, 3.63) is 30.3 Å². The van der Waals surface area contributed by atoms with E-state index in [2.05, 4.69) is 10.5 Å². The molecule has 0 heterocycles. The molecule has 5 heteroatoms. The van der Waals surface area contributed by atoms with Crippen molar-refractivity contribution in [1.82, 2.24) is 5.32 Å². The van der Waals surface area contributed by atoms with Crippen LogP contribution in [0, 0.1) is 5.41 Å². The second-order valence-corrected chi connectivity index (χ2v) is 5.46. The van der Waals surface area contributed by atoms with E-state index in [1.54, 1.807) is 0 Å². The Hall–Kier alpha value is -1.75. The fraction of sp³-hybridized carbons (Fsp3) is 0.533. The first kappa shape index (κ1) is 14.7. The number of rotatable bonds is 9. The molecule has 1 aromatic rings. The SMILES string of the molecule is NC(CC1(CNCCCOc2ccccc2)CC1)=NO. The van der Waals surface area contributed by atoms with Gasteiger partial charge in [-0.1, -0.05) is 23.4 Å². The zero-order valence-electron chi connectivity index (χ0n) is 11.7. The number of nitrogens with one attached hydrogen (secondary N) is 1. The lowest BCUT2D eigenvalue weighted by atomic mass is 10.0. The molecule has 4 N–H and O–H groups in total. The number of hydrogen-bond acceptors (Lipinski definition) is 4. The number of oxime groups is 1. The van der Waals surface area contributed by atoms with Crippen molar-refractivity contribution in [2.75, 3.05) is 19.7 Å². The minimum atomic E-state index is 0.219. The molecule has 1 aliphatic carbocycles. The van der Waals surface area contributed by atoms with Gasteiger partial charge in [-0.15, -0.1) is 0 Å². The molecule has 1 fully saturated rings. The highest BCUT2D eigenvalue weighted by Gasteiger charge is 2.42. The van der Waals surface area contributed by atoms with Crippen molar-refractivity contribution < 1.29 is 9.94 Å². The van der Waals surface area contributed by atoms with E-state index >= 15 is 0 Å². The topological polar surface area (TPSA) is 79.9 Å². The monoisotopic (exact) mass is 277 g/mol. The maximum atomic E-state index is 8.60. The Labute approximate surface area is 119 Å². The summed E-state index contributed by atoms with van der Waals surface area (Å²) in [4.78, 5) is 0. The molecule has 0 aromatic heterocycles. The lowest BCUT2D eigenvalue weighted by molar-refractivity contribution is 0.304. The minimum Gasteiger partial charge on any atom is -0.494 e. The van der Waals surface area contributed by atoms with E-state index < -0.39 is 0 Å². The van der Waals surface area contributed by atoms with Gasteiger partial charge in [0.05, 0.1) is 6.61 Å². The molecular formula is C15H23N3O2. The number of ether oxygens (including phenoxy) is 1. The summed E-state index contributed by atoms with van der Waals surface area (Å²) >= 11 is 0. The fourth-order valence-corrected chi connectivity index (χ4v) is 2.27. The van der Waals surface area contributed by atoms with Crippen LogP contribution in [0.4, 0.5) is 0 Å². The largest absolute Gasteiger partial charge is 0.494 e. The Balaban J connectivity index is 1.54. The van der Waals surface area contributed by atoms with Crippen LogP contribution >= 0.6 is 0 Å². The maximum Gasteiger partial charge on any atom is 0.139 e. The molecule has 1 aliphatic rings. The molecule has 110 valence electrons. The molecule has 0 amide bonds. The molecule has 0 spiro atoms. The van der Waals surface area contributed by atoms with Crippen LogP contribution in [0.5, 0.6) is 5.75 Å². The van der Waals surface area contributed by atoms with Crippen LogP contribution in [0.2, 0.25) is 0 Å². The zero-order chi connectivity index (χ0) is 14.3. The summed E-state index contributed by atoms with van der Waals surface area (Å²) in [6.07, 6.45) is 3.94. The summed E-state index contributed by atoms with van der Waals surface area (Å²) in [6.45, 7) is 2.56. The lowest BCUT2D eigenvalue weighted by Crippen LogP contribution is -2.29. The summed E-state index contributed by atoms with van der Waals surface area (Å²) in [7, 11) is 0. The third kappa shape index (κ3) is 4.74. The number of nitrogens with two attached hydrogens (primary N) is 1. The van der Waals surface area contributed by atoms with Gasteiger partial charge in [0.1, 0.15) is 11.6 Å². The third-order valence-electron chi connectivity index (χ3n) is 3.65. The number of amidine groups is 1. The van der Waals surface area contributed by atoms with Crippen LogP contribution in [0.15, 0.2) is 35.5 Å². The van der Waals surface area contributed by atoms with Gasteiger partial charge in [0.2, 0.25) is 0 Å². The number of nitrogens with zero attached hydrogens (tertiary/aromatic N) is 1. The molecule has 0 radical (unpaired) electrons. The van der Waals surface area contributed by atoms with Crippen LogP contribution in [0.3, 0.4) is 0 Å². The van der Waals surface area contributed by atoms with Gasteiger partial charge in [0.15, 0.2) is 0 Å². The van der Waals surface area contributed by atoms with Crippen molar-refractivity contribution in [3.63, 3.8) is 0 Å². The van der Waals surface area contributed by atoms with E-state index in [1.807, 2.05) is 30.3 Å². The van der Waals surface area contributed by atoms with Crippen molar-refractivity contribution in [3.8, 4) is 5.75 Å². The summed E-state index contributed by atoms with van der Waals surface area (Å²) in [6, 6.07) is 9.84. The van der Waals surface area contributed by atoms with Crippen molar-refractivity contribution in [2.45, 2.75) is 25.7 Å². The van der Waals surface area contributed by atoms with Crippen LogP contribution < -0.4 is 15.8 Å². The predicted octanol–water partition coefficient (Wildman–Crippen LogP) is 1.96. The van der Waals surface area contributed by atoms with E-state index in [9.17, 15) is 0 Å². The Kier molecular flexibility index (Phi) is 5.24. The summed E-state index contributed by atoms with van der Waals surface area (Å²) in [5.74, 6) is 1.25. The molecule has 20 heavy (non-hydrogen) atoms. The molecule has 0 saturated heterocycles. The van der Waals surface area contributed by atoms with Gasteiger partial charge in [-0.2, -0.15) is 0 Å². The van der Waals surface area contributed by atoms with Gasteiger partial charge in [-0.25, -0.2) is 0 Å². The van der Waals surface area contributed by atoms with E-state index in [0.29, 0.717) is 18.9 Å². The Morgan fingerprint density at radius 2 is 2.10 bits per heavy atom. The van der Waals surface area contributed by atoms with Gasteiger partial charge in [-0.3, -0.25) is 0 Å². The molecular weight excluding hydrogens is 254 g/mol. The molecule has 0 atom stereocenters. The standard InChI is InChI=1S/C15H23N3O2/c16-14(18-19)11-15(7-8-15)12-17-9-4-10-20-13-5-2-1-3-6-13/h1-3,5-6,17,19H,4,7-12H2,(H2,16,18). The molecule has 5 nitrogen and oxygen atoms in total. The number of para-hydroxylation sites is 1. The first-order valence-electron chi connectivity index (χ1n) is 7.09. The van der Waals surface area contributed by atoms with E-state index in [0.717, 1.165) is 38.1 Å².